The Labute approximate surface area is 182 Å². The second-order valence-electron chi connectivity index (χ2n) is 6.71. The van der Waals surface area contributed by atoms with E-state index in [1.165, 1.54) is 43.1 Å². The van der Waals surface area contributed by atoms with Crippen molar-refractivity contribution in [2.75, 3.05) is 12.4 Å². The number of nitrogens with one attached hydrogen (secondary N) is 1. The molecule has 3 aromatic rings. The van der Waals surface area contributed by atoms with Crippen LogP contribution in [-0.2, 0) is 11.3 Å². The lowest BCUT2D eigenvalue weighted by atomic mass is 10.1. The van der Waals surface area contributed by atoms with Crippen molar-refractivity contribution in [2.45, 2.75) is 16.9 Å². The molecule has 0 fully saturated rings. The molecule has 158 valence electrons. The van der Waals surface area contributed by atoms with Crippen LogP contribution in [0.1, 0.15) is 26.9 Å². The van der Waals surface area contributed by atoms with E-state index in [9.17, 15) is 20.0 Å². The van der Waals surface area contributed by atoms with Crippen molar-refractivity contribution in [3.63, 3.8) is 0 Å². The van der Waals surface area contributed by atoms with Crippen molar-refractivity contribution in [1.29, 1.82) is 0 Å². The van der Waals surface area contributed by atoms with Crippen LogP contribution in [0.5, 0.6) is 11.5 Å². The summed E-state index contributed by atoms with van der Waals surface area (Å²) < 4.78 is 11.2. The Balaban J connectivity index is 1.66. The summed E-state index contributed by atoms with van der Waals surface area (Å²) in [6.45, 7) is 0.399. The quantitative estimate of drug-likeness (QED) is 0.332. The predicted molar refractivity (Wildman–Crippen MR) is 116 cm³/mol. The SMILES string of the molecule is COc1ccc(C2OCc3ccccc3S2)c(NC(=O)c2ccc([N+](=O)[O-])cc2)c1O. The number of hydrogen-bond acceptors (Lipinski definition) is 7. The Kier molecular flexibility index (Phi) is 5.79. The van der Waals surface area contributed by atoms with Gasteiger partial charge in [-0.05, 0) is 35.9 Å². The average molecular weight is 438 g/mol. The van der Waals surface area contributed by atoms with Gasteiger partial charge in [-0.3, -0.25) is 14.9 Å². The first kappa shape index (κ1) is 20.7. The van der Waals surface area contributed by atoms with Crippen LogP contribution in [0.3, 0.4) is 0 Å². The van der Waals surface area contributed by atoms with E-state index in [-0.39, 0.29) is 28.4 Å². The number of phenols is 1. The van der Waals surface area contributed by atoms with Crippen LogP contribution in [0.15, 0.2) is 65.6 Å². The molecule has 0 spiro atoms. The van der Waals surface area contributed by atoms with E-state index in [4.69, 9.17) is 9.47 Å². The maximum Gasteiger partial charge on any atom is 0.269 e. The molecule has 9 heteroatoms. The number of anilines is 1. The van der Waals surface area contributed by atoms with E-state index < -0.39 is 16.3 Å². The van der Waals surface area contributed by atoms with Gasteiger partial charge in [0, 0.05) is 28.2 Å². The number of ether oxygens (including phenoxy) is 2. The fourth-order valence-corrected chi connectivity index (χ4v) is 4.33. The third kappa shape index (κ3) is 4.18. The van der Waals surface area contributed by atoms with Gasteiger partial charge in [-0.2, -0.15) is 0 Å². The number of aromatic hydroxyl groups is 1. The third-order valence-corrected chi connectivity index (χ3v) is 6.08. The van der Waals surface area contributed by atoms with Crippen molar-refractivity contribution >= 4 is 29.0 Å². The molecule has 0 radical (unpaired) electrons. The Morgan fingerprint density at radius 3 is 2.65 bits per heavy atom. The number of amides is 1. The standard InChI is InChI=1S/C22H18N2O6S/c1-29-17-11-10-16(22-30-12-14-4-2-3-5-18(14)31-22)19(20(17)25)23-21(26)13-6-8-15(9-7-13)24(27)28/h2-11,22,25H,12H2,1H3,(H,23,26). The van der Waals surface area contributed by atoms with Gasteiger partial charge in [0.2, 0.25) is 0 Å². The summed E-state index contributed by atoms with van der Waals surface area (Å²) >= 11 is 1.47. The molecule has 1 amide bonds. The van der Waals surface area contributed by atoms with Gasteiger partial charge in [-0.15, -0.1) is 0 Å². The second kappa shape index (κ2) is 8.66. The maximum atomic E-state index is 12.8. The molecule has 1 unspecified atom stereocenters. The first-order chi connectivity index (χ1) is 15.0. The number of thioether (sulfide) groups is 1. The van der Waals surface area contributed by atoms with E-state index in [0.717, 1.165) is 10.5 Å². The van der Waals surface area contributed by atoms with Gasteiger partial charge < -0.3 is 19.9 Å². The number of phenolic OH excluding ortho intramolecular Hbond substituents is 1. The molecular weight excluding hydrogens is 420 g/mol. The summed E-state index contributed by atoms with van der Waals surface area (Å²) in [6.07, 6.45) is 0. The first-order valence-corrected chi connectivity index (χ1v) is 10.2. The van der Waals surface area contributed by atoms with Crippen LogP contribution in [-0.4, -0.2) is 23.0 Å². The molecule has 0 bridgehead atoms. The molecule has 8 nitrogen and oxygen atoms in total. The number of carbonyl (C=O) groups excluding carboxylic acids is 1. The topological polar surface area (TPSA) is 111 Å². The van der Waals surface area contributed by atoms with E-state index in [1.807, 2.05) is 24.3 Å². The zero-order chi connectivity index (χ0) is 22.0. The van der Waals surface area contributed by atoms with Crippen LogP contribution < -0.4 is 10.1 Å². The number of non-ortho nitro benzene ring substituents is 1. The number of methoxy groups -OCH3 is 1. The molecule has 0 saturated heterocycles. The van der Waals surface area contributed by atoms with Crippen LogP contribution in [0.25, 0.3) is 0 Å². The molecular formula is C22H18N2O6S. The number of hydrogen-bond donors (Lipinski definition) is 2. The number of nitro benzene ring substituents is 1. The Morgan fingerprint density at radius 1 is 1.19 bits per heavy atom. The lowest BCUT2D eigenvalue weighted by Gasteiger charge is -2.27. The fraction of sp³-hybridized carbons (Fsp3) is 0.136. The average Bonchev–Trinajstić information content (AvgIpc) is 2.80. The summed E-state index contributed by atoms with van der Waals surface area (Å²) in [6, 6.07) is 16.4. The number of benzene rings is 3. The van der Waals surface area contributed by atoms with Crippen molar-refractivity contribution < 1.29 is 24.3 Å². The van der Waals surface area contributed by atoms with Crippen LogP contribution >= 0.6 is 11.8 Å². The predicted octanol–water partition coefficient (Wildman–Crippen LogP) is 4.88. The Hall–Kier alpha value is -3.56. The molecule has 0 aromatic heterocycles. The van der Waals surface area contributed by atoms with Gasteiger partial charge in [0.05, 0.1) is 24.3 Å². The monoisotopic (exact) mass is 438 g/mol. The smallest absolute Gasteiger partial charge is 0.269 e. The summed E-state index contributed by atoms with van der Waals surface area (Å²) in [5.74, 6) is -0.553. The van der Waals surface area contributed by atoms with Gasteiger partial charge >= 0.3 is 0 Å². The maximum absolute atomic E-state index is 12.8. The second-order valence-corrected chi connectivity index (χ2v) is 7.81. The van der Waals surface area contributed by atoms with E-state index in [1.54, 1.807) is 12.1 Å². The molecule has 1 atom stereocenters. The molecule has 0 aliphatic carbocycles. The van der Waals surface area contributed by atoms with Crippen molar-refractivity contribution in [1.82, 2.24) is 0 Å². The normalized spacial score (nSPS) is 15.1. The Bertz CT molecular complexity index is 1150. The summed E-state index contributed by atoms with van der Waals surface area (Å²) in [5.41, 5.74) is 1.44. The molecule has 1 aliphatic rings. The van der Waals surface area contributed by atoms with Crippen molar-refractivity contribution in [3.05, 3.63) is 87.5 Å². The number of nitro groups is 1. The van der Waals surface area contributed by atoms with Gasteiger partial charge in [0.25, 0.3) is 11.6 Å². The highest BCUT2D eigenvalue weighted by atomic mass is 32.2. The summed E-state index contributed by atoms with van der Waals surface area (Å²) in [4.78, 5) is 24.2. The van der Waals surface area contributed by atoms with Crippen molar-refractivity contribution in [2.24, 2.45) is 0 Å². The fourth-order valence-electron chi connectivity index (χ4n) is 3.21. The first-order valence-electron chi connectivity index (χ1n) is 9.29. The number of nitrogens with zero attached hydrogens (tertiary/aromatic N) is 1. The van der Waals surface area contributed by atoms with Crippen molar-refractivity contribution in [3.8, 4) is 11.5 Å². The lowest BCUT2D eigenvalue weighted by Crippen LogP contribution is -2.16. The van der Waals surface area contributed by atoms with Crippen LogP contribution in [0.2, 0.25) is 0 Å². The van der Waals surface area contributed by atoms with E-state index >= 15 is 0 Å². The van der Waals surface area contributed by atoms with E-state index in [2.05, 4.69) is 5.32 Å². The number of carbonyl (C=O) groups is 1. The van der Waals surface area contributed by atoms with Crippen LogP contribution in [0, 0.1) is 10.1 Å². The zero-order valence-electron chi connectivity index (χ0n) is 16.4. The highest BCUT2D eigenvalue weighted by Crippen LogP contribution is 2.48. The number of rotatable bonds is 5. The summed E-state index contributed by atoms with van der Waals surface area (Å²) in [5, 5.41) is 24.3. The minimum atomic E-state index is -0.539. The van der Waals surface area contributed by atoms with Gasteiger partial charge in [-0.25, -0.2) is 0 Å². The lowest BCUT2D eigenvalue weighted by molar-refractivity contribution is -0.384. The minimum absolute atomic E-state index is 0.118. The van der Waals surface area contributed by atoms with Gasteiger partial charge in [0.1, 0.15) is 5.44 Å². The van der Waals surface area contributed by atoms with Gasteiger partial charge in [-0.1, -0.05) is 30.0 Å². The molecule has 1 aliphatic heterocycles. The zero-order valence-corrected chi connectivity index (χ0v) is 17.2. The Morgan fingerprint density at radius 2 is 1.94 bits per heavy atom. The molecule has 1 heterocycles. The largest absolute Gasteiger partial charge is 0.503 e. The highest BCUT2D eigenvalue weighted by molar-refractivity contribution is 7.99. The number of fused-ring (bicyclic) bond motifs is 1. The molecule has 4 rings (SSSR count). The molecule has 2 N–H and O–H groups in total. The molecule has 31 heavy (non-hydrogen) atoms. The molecule has 3 aromatic carbocycles. The minimum Gasteiger partial charge on any atom is -0.503 e. The highest BCUT2D eigenvalue weighted by Gasteiger charge is 2.27. The van der Waals surface area contributed by atoms with Crippen LogP contribution in [0.4, 0.5) is 11.4 Å². The molecule has 0 saturated carbocycles. The third-order valence-electron chi connectivity index (χ3n) is 4.82. The van der Waals surface area contributed by atoms with Gasteiger partial charge in [0.15, 0.2) is 11.5 Å². The summed E-state index contributed by atoms with van der Waals surface area (Å²) in [7, 11) is 1.42. The van der Waals surface area contributed by atoms with E-state index in [0.29, 0.717) is 12.2 Å².